The van der Waals surface area contributed by atoms with Crippen LogP contribution in [0.4, 0.5) is 5.00 Å². The minimum Gasteiger partial charge on any atom is -0.459 e. The largest absolute Gasteiger partial charge is 0.459 e. The Kier molecular flexibility index (Phi) is 3.16. The Labute approximate surface area is 98.8 Å². The molecule has 0 bridgehead atoms. The molecule has 0 unspecified atom stereocenters. The fourth-order valence-corrected chi connectivity index (χ4v) is 2.93. The molecular formula is C11H16N2O2S. The van der Waals surface area contributed by atoms with Gasteiger partial charge in [-0.2, -0.15) is 0 Å². The van der Waals surface area contributed by atoms with Crippen molar-refractivity contribution in [3.63, 3.8) is 0 Å². The van der Waals surface area contributed by atoms with Gasteiger partial charge < -0.3 is 15.8 Å². The fraction of sp³-hybridized carbons (Fsp3) is 0.545. The second kappa shape index (κ2) is 4.43. The summed E-state index contributed by atoms with van der Waals surface area (Å²) in [5.41, 5.74) is 7.56. The summed E-state index contributed by atoms with van der Waals surface area (Å²) >= 11 is 1.49. The molecule has 5 heteroatoms. The molecule has 1 aromatic rings. The molecular weight excluding hydrogens is 224 g/mol. The van der Waals surface area contributed by atoms with Crippen LogP contribution in [-0.2, 0) is 17.7 Å². The third-order valence-electron chi connectivity index (χ3n) is 2.50. The molecule has 88 valence electrons. The lowest BCUT2D eigenvalue weighted by atomic mass is 10.0. The number of hydrogen-bond donors (Lipinski definition) is 2. The second-order valence-corrected chi connectivity index (χ2v) is 5.26. The van der Waals surface area contributed by atoms with E-state index in [9.17, 15) is 4.79 Å². The third kappa shape index (κ3) is 2.05. The number of carbonyl (C=O) groups excluding carboxylic acids is 1. The number of hydrogen-bond acceptors (Lipinski definition) is 5. The highest BCUT2D eigenvalue weighted by Crippen LogP contribution is 2.33. The van der Waals surface area contributed by atoms with Crippen LogP contribution in [-0.4, -0.2) is 18.6 Å². The lowest BCUT2D eigenvalue weighted by Crippen LogP contribution is -2.24. The van der Waals surface area contributed by atoms with Crippen LogP contribution in [0.25, 0.3) is 0 Å². The molecule has 0 saturated carbocycles. The van der Waals surface area contributed by atoms with Crippen molar-refractivity contribution >= 4 is 22.3 Å². The molecule has 4 nitrogen and oxygen atoms in total. The van der Waals surface area contributed by atoms with Gasteiger partial charge >= 0.3 is 5.97 Å². The monoisotopic (exact) mass is 240 g/mol. The predicted molar refractivity (Wildman–Crippen MR) is 64.7 cm³/mol. The van der Waals surface area contributed by atoms with E-state index in [2.05, 4.69) is 5.32 Å². The minimum absolute atomic E-state index is 0.107. The van der Waals surface area contributed by atoms with Gasteiger partial charge in [-0.15, -0.1) is 11.3 Å². The average molecular weight is 240 g/mol. The number of anilines is 1. The van der Waals surface area contributed by atoms with Gasteiger partial charge in [-0.3, -0.25) is 0 Å². The molecule has 3 N–H and O–H groups in total. The molecule has 0 atom stereocenters. The second-order valence-electron chi connectivity index (χ2n) is 4.12. The summed E-state index contributed by atoms with van der Waals surface area (Å²) in [6.45, 7) is 5.38. The molecule has 0 spiro atoms. The van der Waals surface area contributed by atoms with Gasteiger partial charge in [0.15, 0.2) is 0 Å². The zero-order valence-corrected chi connectivity index (χ0v) is 10.3. The zero-order chi connectivity index (χ0) is 11.7. The number of carbonyl (C=O) groups is 1. The van der Waals surface area contributed by atoms with Crippen LogP contribution >= 0.6 is 11.3 Å². The standard InChI is InChI=1S/C11H16N2O2S/c1-6(2)15-11(14)9-7-3-4-13-5-8(7)16-10(9)12/h6,13H,3-5,12H2,1-2H3. The number of ether oxygens (including phenoxy) is 1. The lowest BCUT2D eigenvalue weighted by molar-refractivity contribution is 0.0378. The van der Waals surface area contributed by atoms with Crippen molar-refractivity contribution < 1.29 is 9.53 Å². The van der Waals surface area contributed by atoms with Gasteiger partial charge in [0.1, 0.15) is 5.00 Å². The van der Waals surface area contributed by atoms with Crippen molar-refractivity contribution in [2.45, 2.75) is 32.9 Å². The number of fused-ring (bicyclic) bond motifs is 1. The zero-order valence-electron chi connectivity index (χ0n) is 9.50. The van der Waals surface area contributed by atoms with Crippen molar-refractivity contribution in [3.05, 3.63) is 16.0 Å². The van der Waals surface area contributed by atoms with Crippen molar-refractivity contribution in [1.29, 1.82) is 0 Å². The molecule has 1 aliphatic heterocycles. The first-order valence-corrected chi connectivity index (χ1v) is 6.23. The Hall–Kier alpha value is -1.07. The Bertz CT molecular complexity index is 412. The molecule has 16 heavy (non-hydrogen) atoms. The number of rotatable bonds is 2. The Morgan fingerprint density at radius 3 is 3.00 bits per heavy atom. The van der Waals surface area contributed by atoms with Crippen LogP contribution in [0.5, 0.6) is 0 Å². The molecule has 1 aliphatic rings. The number of esters is 1. The quantitative estimate of drug-likeness (QED) is 0.770. The van der Waals surface area contributed by atoms with Gasteiger partial charge in [-0.1, -0.05) is 0 Å². The van der Waals surface area contributed by atoms with E-state index < -0.39 is 0 Å². The van der Waals surface area contributed by atoms with Gasteiger partial charge in [-0.25, -0.2) is 4.79 Å². The molecule has 0 radical (unpaired) electrons. The van der Waals surface area contributed by atoms with Crippen molar-refractivity contribution in [2.75, 3.05) is 12.3 Å². The summed E-state index contributed by atoms with van der Waals surface area (Å²) in [5, 5.41) is 3.85. The van der Waals surface area contributed by atoms with Crippen LogP contribution < -0.4 is 11.1 Å². The van der Waals surface area contributed by atoms with E-state index >= 15 is 0 Å². The van der Waals surface area contributed by atoms with Gasteiger partial charge in [0.2, 0.25) is 0 Å². The number of nitrogen functional groups attached to an aromatic ring is 1. The predicted octanol–water partition coefficient (Wildman–Crippen LogP) is 1.54. The van der Waals surface area contributed by atoms with E-state index in [0.717, 1.165) is 25.1 Å². The maximum atomic E-state index is 11.9. The molecule has 0 aliphatic carbocycles. The van der Waals surface area contributed by atoms with Crippen LogP contribution in [0.2, 0.25) is 0 Å². The fourth-order valence-electron chi connectivity index (χ4n) is 1.85. The first kappa shape index (κ1) is 11.4. The SMILES string of the molecule is CC(C)OC(=O)c1c(N)sc2c1CCNC2. The van der Waals surface area contributed by atoms with Gasteiger partial charge in [0, 0.05) is 11.4 Å². The molecule has 0 fully saturated rings. The first-order valence-electron chi connectivity index (χ1n) is 5.41. The van der Waals surface area contributed by atoms with E-state index in [4.69, 9.17) is 10.5 Å². The highest BCUT2D eigenvalue weighted by molar-refractivity contribution is 7.16. The van der Waals surface area contributed by atoms with Crippen LogP contribution in [0.1, 0.15) is 34.6 Å². The van der Waals surface area contributed by atoms with E-state index in [0.29, 0.717) is 10.6 Å². The van der Waals surface area contributed by atoms with Gasteiger partial charge in [0.05, 0.1) is 11.7 Å². The molecule has 0 saturated heterocycles. The molecule has 0 aromatic carbocycles. The summed E-state index contributed by atoms with van der Waals surface area (Å²) < 4.78 is 5.21. The summed E-state index contributed by atoms with van der Waals surface area (Å²) in [6, 6.07) is 0. The first-order chi connectivity index (χ1) is 7.59. The summed E-state index contributed by atoms with van der Waals surface area (Å²) in [4.78, 5) is 13.1. The van der Waals surface area contributed by atoms with Crippen LogP contribution in [0, 0.1) is 0 Å². The maximum absolute atomic E-state index is 11.9. The highest BCUT2D eigenvalue weighted by Gasteiger charge is 2.25. The van der Waals surface area contributed by atoms with Crippen molar-refractivity contribution in [2.24, 2.45) is 0 Å². The number of nitrogens with two attached hydrogens (primary N) is 1. The highest BCUT2D eigenvalue weighted by atomic mass is 32.1. The third-order valence-corrected chi connectivity index (χ3v) is 3.56. The molecule has 1 aromatic heterocycles. The Morgan fingerprint density at radius 1 is 1.56 bits per heavy atom. The normalized spacial score (nSPS) is 14.9. The van der Waals surface area contributed by atoms with Crippen molar-refractivity contribution in [3.8, 4) is 0 Å². The number of nitrogens with one attached hydrogen (secondary N) is 1. The average Bonchev–Trinajstić information content (AvgIpc) is 2.52. The Morgan fingerprint density at radius 2 is 2.31 bits per heavy atom. The van der Waals surface area contributed by atoms with E-state index in [1.165, 1.54) is 16.2 Å². The summed E-state index contributed by atoms with van der Waals surface area (Å²) in [7, 11) is 0. The van der Waals surface area contributed by atoms with Crippen molar-refractivity contribution in [1.82, 2.24) is 5.32 Å². The van der Waals surface area contributed by atoms with E-state index in [1.807, 2.05) is 13.8 Å². The maximum Gasteiger partial charge on any atom is 0.341 e. The molecule has 2 heterocycles. The van der Waals surface area contributed by atoms with E-state index in [1.54, 1.807) is 0 Å². The molecule has 0 amide bonds. The number of thiophene rings is 1. The van der Waals surface area contributed by atoms with E-state index in [-0.39, 0.29) is 12.1 Å². The Balaban J connectivity index is 2.32. The van der Waals surface area contributed by atoms with Crippen LogP contribution in [0.3, 0.4) is 0 Å². The summed E-state index contributed by atoms with van der Waals surface area (Å²) in [5.74, 6) is -0.285. The van der Waals surface area contributed by atoms with Gasteiger partial charge in [-0.05, 0) is 32.4 Å². The topological polar surface area (TPSA) is 64.3 Å². The smallest absolute Gasteiger partial charge is 0.341 e. The minimum atomic E-state index is -0.285. The van der Waals surface area contributed by atoms with Crippen LogP contribution in [0.15, 0.2) is 0 Å². The lowest BCUT2D eigenvalue weighted by Gasteiger charge is -2.14. The van der Waals surface area contributed by atoms with Gasteiger partial charge in [0.25, 0.3) is 0 Å². The summed E-state index contributed by atoms with van der Waals surface area (Å²) in [6.07, 6.45) is 0.745. The molecule has 2 rings (SSSR count).